The van der Waals surface area contributed by atoms with Crippen molar-refractivity contribution in [2.75, 3.05) is 0 Å². The molecule has 5 rings (SSSR count). The van der Waals surface area contributed by atoms with E-state index in [4.69, 9.17) is 7.85 Å². The molecule has 0 aliphatic heterocycles. The first kappa shape index (κ1) is 16.2. The Hall–Kier alpha value is -3.00. The molecule has 0 saturated heterocycles. The Labute approximate surface area is 161 Å². The van der Waals surface area contributed by atoms with Crippen LogP contribution in [-0.2, 0) is 6.42 Å². The molecule has 128 valence electrons. The molecule has 0 N–H and O–H groups in total. The van der Waals surface area contributed by atoms with Gasteiger partial charge in [0.15, 0.2) is 0 Å². The standard InChI is InChI=1S/C25H20BN/c1-25(26)15-14-24-22(17-25)21-12-5-6-13-23(21)27(24)20-11-7-10-19(16-20)18-8-3-2-4-9-18/h2-16H,17H2,1H3. The molecule has 1 heterocycles. The second-order valence-corrected chi connectivity index (χ2v) is 7.65. The summed E-state index contributed by atoms with van der Waals surface area (Å²) in [5, 5.41) is 0.993. The van der Waals surface area contributed by atoms with Crippen LogP contribution in [0.25, 0.3) is 33.8 Å². The number of allylic oxidation sites excluding steroid dienone is 1. The van der Waals surface area contributed by atoms with Crippen LogP contribution in [0.4, 0.5) is 0 Å². The van der Waals surface area contributed by atoms with Crippen LogP contribution in [0.3, 0.4) is 0 Å². The molecule has 27 heavy (non-hydrogen) atoms. The summed E-state index contributed by atoms with van der Waals surface area (Å²) in [5.41, 5.74) is 7.44. The van der Waals surface area contributed by atoms with E-state index in [9.17, 15) is 0 Å². The fourth-order valence-electron chi connectivity index (χ4n) is 4.13. The molecular formula is C25H20BN. The lowest BCUT2D eigenvalue weighted by molar-refractivity contribution is 0.744. The normalized spacial score (nSPS) is 18.6. The molecular weight excluding hydrogens is 325 g/mol. The molecule has 1 aromatic heterocycles. The van der Waals surface area contributed by atoms with Gasteiger partial charge in [-0.15, -0.1) is 0 Å². The van der Waals surface area contributed by atoms with Crippen LogP contribution in [0.15, 0.2) is 84.9 Å². The summed E-state index contributed by atoms with van der Waals surface area (Å²) < 4.78 is 2.36. The molecule has 0 bridgehead atoms. The highest BCUT2D eigenvalue weighted by atomic mass is 15.0. The van der Waals surface area contributed by atoms with Crippen molar-refractivity contribution in [1.82, 2.24) is 4.57 Å². The fraction of sp³-hybridized carbons (Fsp3) is 0.120. The van der Waals surface area contributed by atoms with Gasteiger partial charge in [0, 0.05) is 16.8 Å². The van der Waals surface area contributed by atoms with Gasteiger partial charge in [-0.3, -0.25) is 0 Å². The van der Waals surface area contributed by atoms with Crippen LogP contribution < -0.4 is 0 Å². The van der Waals surface area contributed by atoms with Crippen LogP contribution in [-0.4, -0.2) is 12.4 Å². The first-order chi connectivity index (χ1) is 13.1. The van der Waals surface area contributed by atoms with Gasteiger partial charge < -0.3 is 4.57 Å². The summed E-state index contributed by atoms with van der Waals surface area (Å²) in [5.74, 6) is 0. The summed E-state index contributed by atoms with van der Waals surface area (Å²) >= 11 is 0. The van der Waals surface area contributed by atoms with Crippen LogP contribution in [0.5, 0.6) is 0 Å². The third-order valence-corrected chi connectivity index (χ3v) is 5.41. The molecule has 0 fully saturated rings. The third-order valence-electron chi connectivity index (χ3n) is 5.41. The average molecular weight is 345 g/mol. The number of hydrogen-bond acceptors (Lipinski definition) is 0. The Kier molecular flexibility index (Phi) is 3.61. The highest BCUT2D eigenvalue weighted by Gasteiger charge is 2.26. The van der Waals surface area contributed by atoms with Gasteiger partial charge in [0.25, 0.3) is 0 Å². The smallest absolute Gasteiger partial charge is 0.0803 e. The number of hydrogen-bond donors (Lipinski definition) is 0. The zero-order valence-electron chi connectivity index (χ0n) is 15.4. The van der Waals surface area contributed by atoms with Crippen LogP contribution in [0.1, 0.15) is 18.2 Å². The van der Waals surface area contributed by atoms with E-state index >= 15 is 0 Å². The molecule has 1 aliphatic carbocycles. The predicted octanol–water partition coefficient (Wildman–Crippen LogP) is 6.21. The molecule has 2 radical (unpaired) electrons. The van der Waals surface area contributed by atoms with E-state index in [1.807, 2.05) is 0 Å². The molecule has 1 unspecified atom stereocenters. The number of nitrogens with zero attached hydrogens (tertiary/aromatic N) is 1. The topological polar surface area (TPSA) is 4.93 Å². The Balaban J connectivity index is 1.75. The number of para-hydroxylation sites is 1. The Bertz CT molecular complexity index is 1170. The van der Waals surface area contributed by atoms with Gasteiger partial charge in [0.05, 0.1) is 13.4 Å². The monoisotopic (exact) mass is 345 g/mol. The van der Waals surface area contributed by atoms with Crippen molar-refractivity contribution in [1.29, 1.82) is 0 Å². The minimum absolute atomic E-state index is 0.298. The molecule has 1 atom stereocenters. The fourth-order valence-corrected chi connectivity index (χ4v) is 4.13. The van der Waals surface area contributed by atoms with Gasteiger partial charge in [-0.1, -0.05) is 73.7 Å². The quantitative estimate of drug-likeness (QED) is 0.380. The maximum absolute atomic E-state index is 6.44. The lowest BCUT2D eigenvalue weighted by atomic mass is 9.64. The second-order valence-electron chi connectivity index (χ2n) is 7.65. The van der Waals surface area contributed by atoms with Crippen molar-refractivity contribution in [3.63, 3.8) is 0 Å². The van der Waals surface area contributed by atoms with Crippen LogP contribution in [0.2, 0.25) is 5.31 Å². The summed E-state index contributed by atoms with van der Waals surface area (Å²) in [4.78, 5) is 0. The van der Waals surface area contributed by atoms with E-state index in [1.165, 1.54) is 39.0 Å². The zero-order valence-corrected chi connectivity index (χ0v) is 15.4. The number of rotatable bonds is 2. The molecule has 1 aliphatic rings. The average Bonchev–Trinajstić information content (AvgIpc) is 3.01. The Morgan fingerprint density at radius 1 is 0.852 bits per heavy atom. The number of benzene rings is 3. The van der Waals surface area contributed by atoms with Crippen molar-refractivity contribution in [3.8, 4) is 16.8 Å². The molecule has 2 heteroatoms. The lowest BCUT2D eigenvalue weighted by Crippen LogP contribution is -2.13. The van der Waals surface area contributed by atoms with Crippen molar-refractivity contribution < 1.29 is 0 Å². The first-order valence-corrected chi connectivity index (χ1v) is 9.39. The van der Waals surface area contributed by atoms with Crippen molar-refractivity contribution in [2.45, 2.75) is 18.7 Å². The molecule has 1 nitrogen and oxygen atoms in total. The summed E-state index contributed by atoms with van der Waals surface area (Å²) in [7, 11) is 6.44. The summed E-state index contributed by atoms with van der Waals surface area (Å²) in [6.07, 6.45) is 5.17. The van der Waals surface area contributed by atoms with Gasteiger partial charge in [0.1, 0.15) is 0 Å². The third kappa shape index (κ3) is 2.73. The highest BCUT2D eigenvalue weighted by Crippen LogP contribution is 2.41. The minimum Gasteiger partial charge on any atom is -0.310 e. The van der Waals surface area contributed by atoms with Crippen LogP contribution in [0, 0.1) is 0 Å². The second kappa shape index (κ2) is 6.02. The van der Waals surface area contributed by atoms with Crippen LogP contribution >= 0.6 is 0 Å². The van der Waals surface area contributed by atoms with Gasteiger partial charge in [0.2, 0.25) is 0 Å². The highest BCUT2D eigenvalue weighted by molar-refractivity contribution is 6.17. The summed E-state index contributed by atoms with van der Waals surface area (Å²) in [6, 6.07) is 27.9. The number of fused-ring (bicyclic) bond motifs is 3. The Morgan fingerprint density at radius 2 is 1.59 bits per heavy atom. The van der Waals surface area contributed by atoms with E-state index < -0.39 is 0 Å². The Morgan fingerprint density at radius 3 is 2.44 bits per heavy atom. The van der Waals surface area contributed by atoms with Gasteiger partial charge in [-0.25, -0.2) is 0 Å². The van der Waals surface area contributed by atoms with Gasteiger partial charge in [-0.05, 0) is 52.7 Å². The SMILES string of the molecule is [B]C1(C)C=Cc2c(c3ccccc3n2-c2cccc(-c3ccccc3)c2)C1. The van der Waals surface area contributed by atoms with Gasteiger partial charge in [-0.2, -0.15) is 0 Å². The zero-order chi connectivity index (χ0) is 18.4. The molecule has 4 aromatic rings. The molecule has 3 aromatic carbocycles. The maximum Gasteiger partial charge on any atom is 0.0803 e. The first-order valence-electron chi connectivity index (χ1n) is 9.39. The van der Waals surface area contributed by atoms with Crippen molar-refractivity contribution >= 4 is 24.8 Å². The lowest BCUT2D eigenvalue weighted by Gasteiger charge is -2.25. The van der Waals surface area contributed by atoms with E-state index in [2.05, 4.69) is 103 Å². The number of aromatic nitrogens is 1. The van der Waals surface area contributed by atoms with E-state index in [0.29, 0.717) is 0 Å². The largest absolute Gasteiger partial charge is 0.310 e. The van der Waals surface area contributed by atoms with E-state index in [0.717, 1.165) is 6.42 Å². The van der Waals surface area contributed by atoms with Gasteiger partial charge >= 0.3 is 0 Å². The molecule has 0 amide bonds. The minimum atomic E-state index is -0.298. The van der Waals surface area contributed by atoms with Crippen molar-refractivity contribution in [2.24, 2.45) is 0 Å². The summed E-state index contributed by atoms with van der Waals surface area (Å²) in [6.45, 7) is 2.09. The molecule has 0 spiro atoms. The predicted molar refractivity (Wildman–Crippen MR) is 116 cm³/mol. The molecule has 0 saturated carbocycles. The van der Waals surface area contributed by atoms with Crippen molar-refractivity contribution in [3.05, 3.63) is 96.2 Å². The van der Waals surface area contributed by atoms with E-state index in [1.54, 1.807) is 0 Å². The maximum atomic E-state index is 6.44. The van der Waals surface area contributed by atoms with E-state index in [-0.39, 0.29) is 5.31 Å².